The minimum Gasteiger partial charge on any atom is -0.383 e. The highest BCUT2D eigenvalue weighted by Crippen LogP contribution is 2.45. The molecule has 0 heterocycles. The van der Waals surface area contributed by atoms with E-state index in [-0.39, 0.29) is 29.5 Å². The lowest BCUT2D eigenvalue weighted by Gasteiger charge is -2.13. The monoisotopic (exact) mass is 283 g/mol. The van der Waals surface area contributed by atoms with Gasteiger partial charge in [-0.25, -0.2) is 13.8 Å². The molecule has 1 unspecified atom stereocenters. The molecule has 110 valence electrons. The first-order chi connectivity index (χ1) is 9.52. The predicted molar refractivity (Wildman–Crippen MR) is 73.6 cm³/mol. The minimum absolute atomic E-state index is 0.0335. The molecule has 0 bridgehead atoms. The van der Waals surface area contributed by atoms with Crippen molar-refractivity contribution >= 4 is 5.96 Å². The molecule has 0 radical (unpaired) electrons. The molecule has 2 rings (SSSR count). The van der Waals surface area contributed by atoms with Crippen LogP contribution in [0.1, 0.15) is 24.8 Å². The van der Waals surface area contributed by atoms with Gasteiger partial charge in [-0.15, -0.1) is 0 Å². The van der Waals surface area contributed by atoms with Crippen LogP contribution in [-0.2, 0) is 4.74 Å². The number of ether oxygens (including phenoxy) is 1. The quantitative estimate of drug-likeness (QED) is 0.639. The smallest absolute Gasteiger partial charge is 0.189 e. The number of methoxy groups -OCH3 is 1. The van der Waals surface area contributed by atoms with Gasteiger partial charge in [0.2, 0.25) is 0 Å². The molecule has 0 aliphatic heterocycles. The van der Waals surface area contributed by atoms with Gasteiger partial charge in [-0.3, -0.25) is 0 Å². The van der Waals surface area contributed by atoms with E-state index >= 15 is 0 Å². The van der Waals surface area contributed by atoms with E-state index in [4.69, 9.17) is 10.5 Å². The topological polar surface area (TPSA) is 59.6 Å². The summed E-state index contributed by atoms with van der Waals surface area (Å²) in [5, 5.41) is 2.97. The number of benzene rings is 1. The summed E-state index contributed by atoms with van der Waals surface area (Å²) >= 11 is 0. The summed E-state index contributed by atoms with van der Waals surface area (Å²) in [6.45, 7) is 2.42. The minimum atomic E-state index is -0.521. The molecule has 0 amide bonds. The van der Waals surface area contributed by atoms with E-state index in [9.17, 15) is 8.78 Å². The van der Waals surface area contributed by atoms with E-state index in [1.807, 2.05) is 6.92 Å². The molecule has 1 aliphatic rings. The zero-order valence-corrected chi connectivity index (χ0v) is 11.6. The largest absolute Gasteiger partial charge is 0.383 e. The van der Waals surface area contributed by atoms with Gasteiger partial charge in [0.25, 0.3) is 0 Å². The zero-order valence-electron chi connectivity index (χ0n) is 11.6. The molecule has 1 aliphatic carbocycles. The first-order valence-electron chi connectivity index (χ1n) is 6.55. The van der Waals surface area contributed by atoms with E-state index in [0.29, 0.717) is 13.0 Å². The summed E-state index contributed by atoms with van der Waals surface area (Å²) in [6, 6.07) is 3.76. The Kier molecular flexibility index (Phi) is 4.54. The second-order valence-corrected chi connectivity index (χ2v) is 5.06. The molecule has 0 spiro atoms. The van der Waals surface area contributed by atoms with Crippen molar-refractivity contribution in [3.05, 3.63) is 35.4 Å². The Morgan fingerprint density at radius 1 is 1.50 bits per heavy atom. The fourth-order valence-corrected chi connectivity index (χ4v) is 2.26. The first-order valence-corrected chi connectivity index (χ1v) is 6.55. The maximum absolute atomic E-state index is 13.6. The zero-order chi connectivity index (χ0) is 14.7. The summed E-state index contributed by atoms with van der Waals surface area (Å²) in [6.07, 6.45) is 0.610. The Balaban J connectivity index is 1.98. The predicted octanol–water partition coefficient (Wildman–Crippen LogP) is 1.76. The lowest BCUT2D eigenvalue weighted by atomic mass is 10.1. The number of hydrogen-bond acceptors (Lipinski definition) is 2. The summed E-state index contributed by atoms with van der Waals surface area (Å²) in [4.78, 5) is 4.25. The number of hydrogen-bond donors (Lipinski definition) is 2. The highest BCUT2D eigenvalue weighted by Gasteiger charge is 2.42. The lowest BCUT2D eigenvalue weighted by molar-refractivity contribution is 0.179. The highest BCUT2D eigenvalue weighted by molar-refractivity contribution is 5.78. The third kappa shape index (κ3) is 3.45. The van der Waals surface area contributed by atoms with Crippen LogP contribution in [0.3, 0.4) is 0 Å². The molecule has 4 nitrogen and oxygen atoms in total. The van der Waals surface area contributed by atoms with Crippen LogP contribution in [0.15, 0.2) is 23.2 Å². The molecule has 3 N–H and O–H groups in total. The first kappa shape index (κ1) is 14.7. The SMILES string of the molecule is COCC(C)NC(N)=N[C@@H]1C[C@H]1c1c(F)cccc1F. The van der Waals surface area contributed by atoms with Crippen molar-refractivity contribution in [2.24, 2.45) is 10.7 Å². The standard InChI is InChI=1S/C14H19F2N3O/c1-8(7-20-2)18-14(17)19-12-6-9(12)13-10(15)4-3-5-11(13)16/h3-5,8-9,12H,6-7H2,1-2H3,(H3,17,18,19)/t8?,9-,12-/m1/s1. The van der Waals surface area contributed by atoms with Crippen LogP contribution in [0, 0.1) is 11.6 Å². The molecule has 1 aromatic rings. The molecule has 0 aromatic heterocycles. The van der Waals surface area contributed by atoms with Crippen molar-refractivity contribution in [3.63, 3.8) is 0 Å². The van der Waals surface area contributed by atoms with Gasteiger partial charge in [0.15, 0.2) is 5.96 Å². The van der Waals surface area contributed by atoms with Crippen LogP contribution >= 0.6 is 0 Å². The number of rotatable bonds is 5. The Morgan fingerprint density at radius 2 is 2.15 bits per heavy atom. The second kappa shape index (κ2) is 6.17. The van der Waals surface area contributed by atoms with Crippen molar-refractivity contribution in [1.82, 2.24) is 5.32 Å². The Morgan fingerprint density at radius 3 is 2.75 bits per heavy atom. The molecular weight excluding hydrogens is 264 g/mol. The van der Waals surface area contributed by atoms with E-state index < -0.39 is 11.6 Å². The number of nitrogens with one attached hydrogen (secondary N) is 1. The molecule has 1 saturated carbocycles. The maximum Gasteiger partial charge on any atom is 0.189 e. The fourth-order valence-electron chi connectivity index (χ4n) is 2.26. The van der Waals surface area contributed by atoms with Crippen LogP contribution in [0.25, 0.3) is 0 Å². The maximum atomic E-state index is 13.6. The third-order valence-corrected chi connectivity index (χ3v) is 3.24. The van der Waals surface area contributed by atoms with Crippen molar-refractivity contribution < 1.29 is 13.5 Å². The van der Waals surface area contributed by atoms with E-state index in [0.717, 1.165) is 0 Å². The number of halogens is 2. The third-order valence-electron chi connectivity index (χ3n) is 3.24. The highest BCUT2D eigenvalue weighted by atomic mass is 19.1. The van der Waals surface area contributed by atoms with E-state index in [2.05, 4.69) is 10.3 Å². The molecule has 3 atom stereocenters. The van der Waals surface area contributed by atoms with Crippen molar-refractivity contribution in [2.45, 2.75) is 31.3 Å². The number of aliphatic imine (C=N–C) groups is 1. The average Bonchev–Trinajstić information content (AvgIpc) is 3.07. The normalized spacial score (nSPS) is 23.5. The summed E-state index contributed by atoms with van der Waals surface area (Å²) in [5.74, 6) is -0.993. The van der Waals surface area contributed by atoms with Gasteiger partial charge in [0.05, 0.1) is 12.6 Å². The summed E-state index contributed by atoms with van der Waals surface area (Å²) in [5.41, 5.74) is 5.87. The second-order valence-electron chi connectivity index (χ2n) is 5.06. The summed E-state index contributed by atoms with van der Waals surface area (Å²) in [7, 11) is 1.60. The Hall–Kier alpha value is -1.69. The van der Waals surface area contributed by atoms with Crippen LogP contribution in [0.2, 0.25) is 0 Å². The van der Waals surface area contributed by atoms with Gasteiger partial charge < -0.3 is 15.8 Å². The molecular formula is C14H19F2N3O. The van der Waals surface area contributed by atoms with Gasteiger partial charge in [-0.05, 0) is 25.5 Å². The Bertz CT molecular complexity index is 487. The average molecular weight is 283 g/mol. The Labute approximate surface area is 117 Å². The van der Waals surface area contributed by atoms with Crippen LogP contribution in [0.4, 0.5) is 8.78 Å². The molecule has 6 heteroatoms. The van der Waals surface area contributed by atoms with Gasteiger partial charge in [-0.2, -0.15) is 0 Å². The van der Waals surface area contributed by atoms with Crippen molar-refractivity contribution in [1.29, 1.82) is 0 Å². The van der Waals surface area contributed by atoms with Gasteiger partial charge in [-0.1, -0.05) is 6.07 Å². The molecule has 1 fully saturated rings. The molecule has 0 saturated heterocycles. The number of nitrogens with two attached hydrogens (primary N) is 1. The number of guanidine groups is 1. The van der Waals surface area contributed by atoms with Gasteiger partial charge in [0.1, 0.15) is 11.6 Å². The number of nitrogens with zero attached hydrogens (tertiary/aromatic N) is 1. The molecule has 1 aromatic carbocycles. The van der Waals surface area contributed by atoms with Gasteiger partial charge >= 0.3 is 0 Å². The van der Waals surface area contributed by atoms with E-state index in [1.165, 1.54) is 18.2 Å². The van der Waals surface area contributed by atoms with Gasteiger partial charge in [0, 0.05) is 24.6 Å². The lowest BCUT2D eigenvalue weighted by Crippen LogP contribution is -2.40. The van der Waals surface area contributed by atoms with Crippen molar-refractivity contribution in [3.8, 4) is 0 Å². The molecule has 20 heavy (non-hydrogen) atoms. The van der Waals surface area contributed by atoms with Crippen molar-refractivity contribution in [2.75, 3.05) is 13.7 Å². The summed E-state index contributed by atoms with van der Waals surface area (Å²) < 4.78 is 32.2. The van der Waals surface area contributed by atoms with E-state index in [1.54, 1.807) is 7.11 Å². The van der Waals surface area contributed by atoms with Crippen LogP contribution in [-0.4, -0.2) is 31.8 Å². The van der Waals surface area contributed by atoms with Crippen LogP contribution < -0.4 is 11.1 Å². The fraction of sp³-hybridized carbons (Fsp3) is 0.500. The van der Waals surface area contributed by atoms with Crippen LogP contribution in [0.5, 0.6) is 0 Å².